The van der Waals surface area contributed by atoms with Gasteiger partial charge >= 0.3 is 0 Å². The molecule has 0 radical (unpaired) electrons. The molecule has 0 bridgehead atoms. The van der Waals surface area contributed by atoms with E-state index in [1.54, 1.807) is 4.90 Å². The minimum absolute atomic E-state index is 0.0429. The predicted octanol–water partition coefficient (Wildman–Crippen LogP) is 3.61. The second-order valence-electron chi connectivity index (χ2n) is 5.87. The molecule has 1 aromatic heterocycles. The van der Waals surface area contributed by atoms with Crippen LogP contribution in [-0.4, -0.2) is 29.3 Å². The van der Waals surface area contributed by atoms with Crippen LogP contribution in [-0.2, 0) is 4.79 Å². The Hall–Kier alpha value is -2.14. The second-order valence-corrected chi connectivity index (χ2v) is 6.82. The van der Waals surface area contributed by atoms with Crippen LogP contribution in [0.3, 0.4) is 0 Å². The second kappa shape index (κ2) is 6.54. The fourth-order valence-electron chi connectivity index (χ4n) is 2.93. The molecule has 5 heteroatoms. The molecule has 2 amide bonds. The van der Waals surface area contributed by atoms with Gasteiger partial charge in [-0.25, -0.2) is 0 Å². The maximum Gasteiger partial charge on any atom is 0.264 e. The Morgan fingerprint density at radius 3 is 2.78 bits per heavy atom. The van der Waals surface area contributed by atoms with Gasteiger partial charge in [-0.2, -0.15) is 0 Å². The van der Waals surface area contributed by atoms with E-state index in [2.05, 4.69) is 5.32 Å². The van der Waals surface area contributed by atoms with E-state index in [1.807, 2.05) is 49.6 Å². The highest BCUT2D eigenvalue weighted by Crippen LogP contribution is 2.24. The van der Waals surface area contributed by atoms with E-state index in [-0.39, 0.29) is 17.9 Å². The molecule has 0 spiro atoms. The molecule has 2 heterocycles. The number of nitrogens with one attached hydrogen (secondary N) is 1. The molecular formula is C18H20N2O2S. The number of benzene rings is 1. The number of carbonyl (C=O) groups excluding carboxylic acids is 2. The van der Waals surface area contributed by atoms with Crippen molar-refractivity contribution < 1.29 is 9.59 Å². The van der Waals surface area contributed by atoms with Crippen LogP contribution in [0.4, 0.5) is 5.69 Å². The standard InChI is InChI=1S/C18H20N2O2S/c1-12-6-3-7-14(13(12)2)19-17(21)15-8-4-10-20(15)18(22)16-9-5-11-23-16/h3,5-7,9,11,15H,4,8,10H2,1-2H3,(H,19,21)/t15-/m1/s1. The summed E-state index contributed by atoms with van der Waals surface area (Å²) in [5.74, 6) is -0.139. The quantitative estimate of drug-likeness (QED) is 0.936. The number of anilines is 1. The molecule has 23 heavy (non-hydrogen) atoms. The Bertz CT molecular complexity index is 725. The fourth-order valence-corrected chi connectivity index (χ4v) is 3.61. The van der Waals surface area contributed by atoms with Crippen LogP contribution in [0.5, 0.6) is 0 Å². The number of thiophene rings is 1. The number of amides is 2. The smallest absolute Gasteiger partial charge is 0.264 e. The third-order valence-electron chi connectivity index (χ3n) is 4.41. The maximum atomic E-state index is 12.7. The highest BCUT2D eigenvalue weighted by Gasteiger charge is 2.35. The molecule has 1 aromatic carbocycles. The van der Waals surface area contributed by atoms with Gasteiger partial charge in [0.1, 0.15) is 6.04 Å². The summed E-state index contributed by atoms with van der Waals surface area (Å²) in [6.45, 7) is 4.66. The predicted molar refractivity (Wildman–Crippen MR) is 92.9 cm³/mol. The largest absolute Gasteiger partial charge is 0.326 e. The molecule has 0 unspecified atom stereocenters. The lowest BCUT2D eigenvalue weighted by Gasteiger charge is -2.24. The molecule has 4 nitrogen and oxygen atoms in total. The zero-order chi connectivity index (χ0) is 16.4. The summed E-state index contributed by atoms with van der Waals surface area (Å²) >= 11 is 1.42. The molecule has 1 aliphatic rings. The van der Waals surface area contributed by atoms with Gasteiger partial charge in [0, 0.05) is 12.2 Å². The highest BCUT2D eigenvalue weighted by molar-refractivity contribution is 7.12. The van der Waals surface area contributed by atoms with Crippen molar-refractivity contribution in [2.24, 2.45) is 0 Å². The van der Waals surface area contributed by atoms with Crippen molar-refractivity contribution in [2.45, 2.75) is 32.7 Å². The number of carbonyl (C=O) groups is 2. The van der Waals surface area contributed by atoms with Gasteiger partial charge in [0.15, 0.2) is 0 Å². The first-order valence-corrected chi connectivity index (χ1v) is 8.67. The lowest BCUT2D eigenvalue weighted by molar-refractivity contribution is -0.119. The molecule has 3 rings (SSSR count). The zero-order valence-corrected chi connectivity index (χ0v) is 14.2. The van der Waals surface area contributed by atoms with Crippen molar-refractivity contribution in [3.05, 3.63) is 51.7 Å². The number of rotatable bonds is 3. The van der Waals surface area contributed by atoms with Gasteiger partial charge in [0.25, 0.3) is 5.91 Å². The molecule has 0 aliphatic carbocycles. The van der Waals surface area contributed by atoms with Gasteiger partial charge in [-0.05, 0) is 55.3 Å². The summed E-state index contributed by atoms with van der Waals surface area (Å²) in [6, 6.07) is 9.14. The summed E-state index contributed by atoms with van der Waals surface area (Å²) in [5, 5.41) is 4.88. The van der Waals surface area contributed by atoms with E-state index in [0.717, 1.165) is 23.2 Å². The Balaban J connectivity index is 1.76. The van der Waals surface area contributed by atoms with E-state index in [0.29, 0.717) is 17.8 Å². The lowest BCUT2D eigenvalue weighted by atomic mass is 10.1. The van der Waals surface area contributed by atoms with Crippen molar-refractivity contribution in [1.82, 2.24) is 4.90 Å². The number of aryl methyl sites for hydroxylation is 1. The van der Waals surface area contributed by atoms with E-state index < -0.39 is 0 Å². The summed E-state index contributed by atoms with van der Waals surface area (Å²) < 4.78 is 0. The maximum absolute atomic E-state index is 12.7. The fraction of sp³-hybridized carbons (Fsp3) is 0.333. The van der Waals surface area contributed by atoms with Gasteiger partial charge in [-0.1, -0.05) is 18.2 Å². The van der Waals surface area contributed by atoms with Crippen LogP contribution >= 0.6 is 11.3 Å². The number of hydrogen-bond donors (Lipinski definition) is 1. The molecule has 1 atom stereocenters. The van der Waals surface area contributed by atoms with E-state index in [9.17, 15) is 9.59 Å². The van der Waals surface area contributed by atoms with Crippen LogP contribution < -0.4 is 5.32 Å². The van der Waals surface area contributed by atoms with Crippen molar-refractivity contribution in [1.29, 1.82) is 0 Å². The summed E-state index contributed by atoms with van der Waals surface area (Å²) in [6.07, 6.45) is 1.58. The molecule has 1 fully saturated rings. The average molecular weight is 328 g/mol. The van der Waals surface area contributed by atoms with Gasteiger partial charge < -0.3 is 10.2 Å². The molecular weight excluding hydrogens is 308 g/mol. The minimum atomic E-state index is -0.385. The summed E-state index contributed by atoms with van der Waals surface area (Å²) in [5.41, 5.74) is 3.03. The number of nitrogens with zero attached hydrogens (tertiary/aromatic N) is 1. The van der Waals surface area contributed by atoms with E-state index >= 15 is 0 Å². The van der Waals surface area contributed by atoms with Gasteiger partial charge in [0.2, 0.25) is 5.91 Å². The Morgan fingerprint density at radius 2 is 2.04 bits per heavy atom. The van der Waals surface area contributed by atoms with Crippen LogP contribution in [0.15, 0.2) is 35.7 Å². The minimum Gasteiger partial charge on any atom is -0.326 e. The monoisotopic (exact) mass is 328 g/mol. The topological polar surface area (TPSA) is 49.4 Å². The SMILES string of the molecule is Cc1cccc(NC(=O)[C@H]2CCCN2C(=O)c2cccs2)c1C. The third-order valence-corrected chi connectivity index (χ3v) is 5.27. The van der Waals surface area contributed by atoms with E-state index in [4.69, 9.17) is 0 Å². The number of hydrogen-bond acceptors (Lipinski definition) is 3. The van der Waals surface area contributed by atoms with Crippen LogP contribution in [0, 0.1) is 13.8 Å². The van der Waals surface area contributed by atoms with Crippen molar-refractivity contribution in [2.75, 3.05) is 11.9 Å². The zero-order valence-electron chi connectivity index (χ0n) is 13.3. The molecule has 1 saturated heterocycles. The first kappa shape index (κ1) is 15.7. The van der Waals surface area contributed by atoms with E-state index in [1.165, 1.54) is 11.3 Å². The number of likely N-dealkylation sites (tertiary alicyclic amines) is 1. The van der Waals surface area contributed by atoms with Crippen LogP contribution in [0.25, 0.3) is 0 Å². The molecule has 2 aromatic rings. The first-order chi connectivity index (χ1) is 11.1. The first-order valence-electron chi connectivity index (χ1n) is 7.79. The Kier molecular flexibility index (Phi) is 4.48. The Morgan fingerprint density at radius 1 is 1.22 bits per heavy atom. The Labute approximate surface area is 140 Å². The van der Waals surface area contributed by atoms with Gasteiger partial charge in [-0.15, -0.1) is 11.3 Å². The molecule has 1 aliphatic heterocycles. The van der Waals surface area contributed by atoms with Crippen molar-refractivity contribution in [3.8, 4) is 0 Å². The highest BCUT2D eigenvalue weighted by atomic mass is 32.1. The summed E-state index contributed by atoms with van der Waals surface area (Å²) in [7, 11) is 0. The summed E-state index contributed by atoms with van der Waals surface area (Å²) in [4.78, 5) is 27.6. The van der Waals surface area contributed by atoms with Gasteiger partial charge in [0.05, 0.1) is 4.88 Å². The third kappa shape index (κ3) is 3.15. The van der Waals surface area contributed by atoms with Crippen molar-refractivity contribution >= 4 is 28.8 Å². The van der Waals surface area contributed by atoms with Crippen LogP contribution in [0.1, 0.15) is 33.6 Å². The molecule has 0 saturated carbocycles. The molecule has 120 valence electrons. The van der Waals surface area contributed by atoms with Crippen molar-refractivity contribution in [3.63, 3.8) is 0 Å². The normalized spacial score (nSPS) is 17.3. The van der Waals surface area contributed by atoms with Crippen LogP contribution in [0.2, 0.25) is 0 Å². The van der Waals surface area contributed by atoms with Gasteiger partial charge in [-0.3, -0.25) is 9.59 Å². The average Bonchev–Trinajstić information content (AvgIpc) is 3.21. The molecule has 1 N–H and O–H groups in total. The lowest BCUT2D eigenvalue weighted by Crippen LogP contribution is -2.43.